The van der Waals surface area contributed by atoms with Crippen molar-refractivity contribution in [2.75, 3.05) is 0 Å². The van der Waals surface area contributed by atoms with Gasteiger partial charge in [-0.25, -0.2) is 4.40 Å². The zero-order valence-corrected chi connectivity index (χ0v) is 9.03. The Kier molecular flexibility index (Phi) is 4.82. The molecule has 0 bridgehead atoms. The van der Waals surface area contributed by atoms with Gasteiger partial charge in [0.15, 0.2) is 0 Å². The van der Waals surface area contributed by atoms with Crippen LogP contribution in [0.1, 0.15) is 41.0 Å². The van der Waals surface area contributed by atoms with Crippen molar-refractivity contribution in [3.05, 3.63) is 0 Å². The third-order valence-electron chi connectivity index (χ3n) is 0.978. The molecule has 0 aromatic rings. The van der Waals surface area contributed by atoms with E-state index in [0.29, 0.717) is 0 Å². The van der Waals surface area contributed by atoms with Crippen molar-refractivity contribution in [3.8, 4) is 0 Å². The molecule has 0 aliphatic rings. The second kappa shape index (κ2) is 4.81. The standard InChI is InChI=1S/C9H19NS/c1-8(2)6-7-10-11-9(3,4)5/h7-8H,6H2,1-5H3/b10-7+. The highest BCUT2D eigenvalue weighted by Gasteiger charge is 2.08. The predicted molar refractivity (Wildman–Crippen MR) is 55.3 cm³/mol. The molecule has 0 saturated heterocycles. The molecule has 0 heterocycles. The number of hydrogen-bond acceptors (Lipinski definition) is 2. The Morgan fingerprint density at radius 2 is 1.91 bits per heavy atom. The van der Waals surface area contributed by atoms with Crippen molar-refractivity contribution in [1.29, 1.82) is 0 Å². The first-order valence-corrected chi connectivity index (χ1v) is 4.89. The van der Waals surface area contributed by atoms with Crippen LogP contribution in [0.15, 0.2) is 4.40 Å². The Hall–Kier alpha value is 0.0200. The molecule has 1 nitrogen and oxygen atoms in total. The molecule has 0 atom stereocenters. The van der Waals surface area contributed by atoms with Gasteiger partial charge in [-0.05, 0) is 45.1 Å². The summed E-state index contributed by atoms with van der Waals surface area (Å²) in [5, 5.41) is 0. The van der Waals surface area contributed by atoms with E-state index in [9.17, 15) is 0 Å². The van der Waals surface area contributed by atoms with Crippen LogP contribution in [0.4, 0.5) is 0 Å². The fourth-order valence-corrected chi connectivity index (χ4v) is 0.926. The maximum atomic E-state index is 4.27. The van der Waals surface area contributed by atoms with Crippen molar-refractivity contribution >= 4 is 18.2 Å². The summed E-state index contributed by atoms with van der Waals surface area (Å²) in [5.41, 5.74) is 0. The first-order valence-electron chi connectivity index (χ1n) is 4.12. The van der Waals surface area contributed by atoms with E-state index in [1.54, 1.807) is 11.9 Å². The summed E-state index contributed by atoms with van der Waals surface area (Å²) in [6.07, 6.45) is 3.10. The van der Waals surface area contributed by atoms with Crippen molar-refractivity contribution < 1.29 is 0 Å². The quantitative estimate of drug-likeness (QED) is 0.469. The van der Waals surface area contributed by atoms with Crippen molar-refractivity contribution in [2.24, 2.45) is 10.3 Å². The van der Waals surface area contributed by atoms with Gasteiger partial charge < -0.3 is 0 Å². The lowest BCUT2D eigenvalue weighted by atomic mass is 10.2. The maximum Gasteiger partial charge on any atom is 0.0294 e. The van der Waals surface area contributed by atoms with Gasteiger partial charge >= 0.3 is 0 Å². The van der Waals surface area contributed by atoms with Gasteiger partial charge in [-0.15, -0.1) is 0 Å². The van der Waals surface area contributed by atoms with Crippen molar-refractivity contribution in [2.45, 2.75) is 45.8 Å². The Morgan fingerprint density at radius 3 is 2.27 bits per heavy atom. The fraction of sp³-hybridized carbons (Fsp3) is 0.889. The minimum absolute atomic E-state index is 0.257. The van der Waals surface area contributed by atoms with Gasteiger partial charge in [0.05, 0.1) is 0 Å². The summed E-state index contributed by atoms with van der Waals surface area (Å²) < 4.78 is 4.53. The minimum atomic E-state index is 0.257. The highest BCUT2D eigenvalue weighted by Crippen LogP contribution is 2.23. The van der Waals surface area contributed by atoms with Gasteiger partial charge in [-0.1, -0.05) is 13.8 Å². The summed E-state index contributed by atoms with van der Waals surface area (Å²) in [6, 6.07) is 0. The van der Waals surface area contributed by atoms with Crippen molar-refractivity contribution in [3.63, 3.8) is 0 Å². The van der Waals surface area contributed by atoms with E-state index in [-0.39, 0.29) is 4.75 Å². The molecule has 0 aromatic heterocycles. The zero-order valence-electron chi connectivity index (χ0n) is 8.22. The third kappa shape index (κ3) is 10.0. The highest BCUT2D eigenvalue weighted by atomic mass is 32.2. The fourth-order valence-electron chi connectivity index (χ4n) is 0.449. The van der Waals surface area contributed by atoms with E-state index in [2.05, 4.69) is 39.0 Å². The van der Waals surface area contributed by atoms with E-state index >= 15 is 0 Å². The van der Waals surface area contributed by atoms with Crippen LogP contribution in [-0.2, 0) is 0 Å². The van der Waals surface area contributed by atoms with Crippen LogP contribution < -0.4 is 0 Å². The molecule has 0 radical (unpaired) electrons. The highest BCUT2D eigenvalue weighted by molar-refractivity contribution is 7.99. The molecule has 0 fully saturated rings. The van der Waals surface area contributed by atoms with E-state index in [4.69, 9.17) is 0 Å². The Bertz CT molecular complexity index is 122. The van der Waals surface area contributed by atoms with Crippen LogP contribution in [0, 0.1) is 5.92 Å². The predicted octanol–water partition coefficient (Wildman–Crippen LogP) is 3.55. The molecule has 0 amide bonds. The largest absolute Gasteiger partial charge is 0.228 e. The molecule has 0 spiro atoms. The van der Waals surface area contributed by atoms with E-state index in [1.165, 1.54) is 0 Å². The lowest BCUT2D eigenvalue weighted by Crippen LogP contribution is -2.05. The molecule has 2 heteroatoms. The van der Waals surface area contributed by atoms with E-state index < -0.39 is 0 Å². The summed E-state index contributed by atoms with van der Waals surface area (Å²) >= 11 is 1.64. The molecule has 0 saturated carbocycles. The molecular formula is C9H19NS. The molecular weight excluding hydrogens is 154 g/mol. The smallest absolute Gasteiger partial charge is 0.0294 e. The van der Waals surface area contributed by atoms with Gasteiger partial charge in [0.1, 0.15) is 0 Å². The van der Waals surface area contributed by atoms with E-state index in [1.807, 2.05) is 6.21 Å². The summed E-state index contributed by atoms with van der Waals surface area (Å²) in [4.78, 5) is 0. The van der Waals surface area contributed by atoms with Gasteiger partial charge in [0.25, 0.3) is 0 Å². The zero-order chi connectivity index (χ0) is 8.91. The minimum Gasteiger partial charge on any atom is -0.228 e. The molecule has 0 rings (SSSR count). The van der Waals surface area contributed by atoms with Gasteiger partial charge in [-0.3, -0.25) is 0 Å². The molecule has 0 aliphatic heterocycles. The monoisotopic (exact) mass is 173 g/mol. The Labute approximate surface area is 74.8 Å². The Balaban J connectivity index is 3.46. The summed E-state index contributed by atoms with van der Waals surface area (Å²) in [7, 11) is 0. The number of rotatable bonds is 3. The maximum absolute atomic E-state index is 4.27. The van der Waals surface area contributed by atoms with Gasteiger partial charge in [-0.2, -0.15) is 0 Å². The topological polar surface area (TPSA) is 12.4 Å². The third-order valence-corrected chi connectivity index (χ3v) is 1.78. The van der Waals surface area contributed by atoms with Gasteiger partial charge in [0, 0.05) is 11.0 Å². The van der Waals surface area contributed by atoms with Crippen LogP contribution in [0.5, 0.6) is 0 Å². The van der Waals surface area contributed by atoms with Crippen LogP contribution in [0.25, 0.3) is 0 Å². The van der Waals surface area contributed by atoms with Crippen LogP contribution in [0.3, 0.4) is 0 Å². The van der Waals surface area contributed by atoms with Crippen molar-refractivity contribution in [1.82, 2.24) is 0 Å². The first kappa shape index (κ1) is 11.0. The molecule has 0 aromatic carbocycles. The van der Waals surface area contributed by atoms with Crippen LogP contribution in [-0.4, -0.2) is 11.0 Å². The SMILES string of the molecule is CC(C)C/C=N/SC(C)(C)C. The summed E-state index contributed by atoms with van der Waals surface area (Å²) in [6.45, 7) is 10.9. The van der Waals surface area contributed by atoms with E-state index in [0.717, 1.165) is 12.3 Å². The van der Waals surface area contributed by atoms with Crippen LogP contribution in [0.2, 0.25) is 0 Å². The van der Waals surface area contributed by atoms with Crippen LogP contribution >= 0.6 is 11.9 Å². The second-order valence-electron chi connectivity index (χ2n) is 4.12. The molecule has 11 heavy (non-hydrogen) atoms. The normalized spacial score (nSPS) is 13.3. The average molecular weight is 173 g/mol. The first-order chi connectivity index (χ1) is 4.92. The molecule has 0 unspecified atom stereocenters. The lowest BCUT2D eigenvalue weighted by molar-refractivity contribution is 0.691. The number of hydrogen-bond donors (Lipinski definition) is 0. The number of nitrogens with zero attached hydrogens (tertiary/aromatic N) is 1. The average Bonchev–Trinajstić information content (AvgIpc) is 1.78. The Morgan fingerprint density at radius 1 is 1.36 bits per heavy atom. The van der Waals surface area contributed by atoms with Gasteiger partial charge in [0.2, 0.25) is 0 Å². The molecule has 0 aliphatic carbocycles. The summed E-state index contributed by atoms with van der Waals surface area (Å²) in [5.74, 6) is 0.722. The molecule has 66 valence electrons. The lowest BCUT2D eigenvalue weighted by Gasteiger charge is -2.12. The second-order valence-corrected chi connectivity index (χ2v) is 5.74. The molecule has 0 N–H and O–H groups in total.